The number of aliphatic hydroxyl groups is 2. The van der Waals surface area contributed by atoms with Crippen molar-refractivity contribution in [3.8, 4) is 17.9 Å². The number of sulfonamides is 1. The van der Waals surface area contributed by atoms with E-state index in [4.69, 9.17) is 10.00 Å². The summed E-state index contributed by atoms with van der Waals surface area (Å²) in [7, 11) is -4.62. The molecule has 2 N–H and O–H groups in total. The minimum Gasteiger partial charge on any atom is -0.483 e. The van der Waals surface area contributed by atoms with Crippen LogP contribution in [0.2, 0.25) is 0 Å². The van der Waals surface area contributed by atoms with Crippen molar-refractivity contribution >= 4 is 10.0 Å². The number of hydrogen-bond acceptors (Lipinski definition) is 7. The highest BCUT2D eigenvalue weighted by Crippen LogP contribution is 2.35. The van der Waals surface area contributed by atoms with Gasteiger partial charge in [-0.1, -0.05) is 0 Å². The topological polar surface area (TPSA) is 135 Å². The molecule has 0 saturated carbocycles. The zero-order valence-corrected chi connectivity index (χ0v) is 17.4. The van der Waals surface area contributed by atoms with Gasteiger partial charge in [-0.2, -0.15) is 28.0 Å². The zero-order chi connectivity index (χ0) is 24.6. The SMILES string of the molecule is N#Cc1ccc(O[C@H]2CN(S(=O)(=O)c3ccc(C(F)(F)F)cc3C#N)C[C@@]2(O)CO)c(F)c1. The molecular formula is C20H15F4N3O5S. The molecule has 0 aromatic heterocycles. The number of aliphatic hydroxyl groups excluding tert-OH is 1. The molecule has 2 aromatic carbocycles. The Bertz CT molecular complexity index is 1270. The van der Waals surface area contributed by atoms with Crippen LogP contribution < -0.4 is 4.74 Å². The van der Waals surface area contributed by atoms with Crippen molar-refractivity contribution in [2.75, 3.05) is 19.7 Å². The smallest absolute Gasteiger partial charge is 0.416 e. The lowest BCUT2D eigenvalue weighted by Crippen LogP contribution is -2.48. The molecule has 1 saturated heterocycles. The van der Waals surface area contributed by atoms with Crippen LogP contribution >= 0.6 is 0 Å². The molecule has 33 heavy (non-hydrogen) atoms. The lowest BCUT2D eigenvalue weighted by molar-refractivity contribution is -0.137. The molecule has 174 valence electrons. The molecule has 0 aliphatic carbocycles. The molecule has 0 spiro atoms. The van der Waals surface area contributed by atoms with E-state index in [0.717, 1.165) is 12.1 Å². The second-order valence-electron chi connectivity index (χ2n) is 7.24. The van der Waals surface area contributed by atoms with E-state index in [0.29, 0.717) is 22.5 Å². The van der Waals surface area contributed by atoms with Gasteiger partial charge in [0.15, 0.2) is 11.6 Å². The summed E-state index contributed by atoms with van der Waals surface area (Å²) >= 11 is 0. The number of nitrogens with zero attached hydrogens (tertiary/aromatic N) is 3. The highest BCUT2D eigenvalue weighted by molar-refractivity contribution is 7.89. The van der Waals surface area contributed by atoms with Crippen molar-refractivity contribution in [1.82, 2.24) is 4.31 Å². The molecule has 1 fully saturated rings. The Balaban J connectivity index is 1.95. The molecule has 0 unspecified atom stereocenters. The van der Waals surface area contributed by atoms with E-state index in [9.17, 15) is 41.5 Å². The summed E-state index contributed by atoms with van der Waals surface area (Å²) in [4.78, 5) is -0.733. The van der Waals surface area contributed by atoms with Crippen molar-refractivity contribution in [3.63, 3.8) is 0 Å². The molecule has 3 rings (SSSR count). The number of β-amino-alcohol motifs (C(OH)–C–C–N with tert-alkyl or cyclic N) is 1. The first kappa shape index (κ1) is 24.4. The van der Waals surface area contributed by atoms with Crippen molar-refractivity contribution in [2.45, 2.75) is 22.8 Å². The molecule has 2 atom stereocenters. The molecule has 0 radical (unpaired) electrons. The fraction of sp³-hybridized carbons (Fsp3) is 0.300. The number of hydrogen-bond donors (Lipinski definition) is 2. The molecule has 1 heterocycles. The standard InChI is InChI=1S/C20H15F4N3O5S/c21-15-5-12(7-25)1-3-16(15)32-18-9-27(10-19(18,29)11-28)33(30,31)17-4-2-14(20(22,23)24)6-13(17)8-26/h1-6,18,28-29H,9-11H2/t18-,19+/m0/s1. The predicted molar refractivity (Wildman–Crippen MR) is 102 cm³/mol. The monoisotopic (exact) mass is 485 g/mol. The zero-order valence-electron chi connectivity index (χ0n) is 16.5. The predicted octanol–water partition coefficient (Wildman–Crippen LogP) is 1.76. The summed E-state index contributed by atoms with van der Waals surface area (Å²) in [5.74, 6) is -1.39. The lowest BCUT2D eigenvalue weighted by atomic mass is 10.0. The number of benzene rings is 2. The van der Waals surface area contributed by atoms with Crippen molar-refractivity contribution in [2.24, 2.45) is 0 Å². The Morgan fingerprint density at radius 1 is 1.18 bits per heavy atom. The Morgan fingerprint density at radius 2 is 1.88 bits per heavy atom. The second kappa shape index (κ2) is 8.61. The van der Waals surface area contributed by atoms with E-state index in [-0.39, 0.29) is 5.56 Å². The Labute approximate surface area is 185 Å². The van der Waals surface area contributed by atoms with Crippen LogP contribution in [-0.2, 0) is 16.2 Å². The quantitative estimate of drug-likeness (QED) is 0.617. The van der Waals surface area contributed by atoms with E-state index in [1.165, 1.54) is 12.1 Å². The number of nitriles is 2. The van der Waals surface area contributed by atoms with Gasteiger partial charge in [0.2, 0.25) is 10.0 Å². The van der Waals surface area contributed by atoms with Crippen LogP contribution in [0.1, 0.15) is 16.7 Å². The molecule has 13 heteroatoms. The lowest BCUT2D eigenvalue weighted by Gasteiger charge is -2.27. The fourth-order valence-corrected chi connectivity index (χ4v) is 4.91. The first-order valence-corrected chi connectivity index (χ1v) is 10.6. The largest absolute Gasteiger partial charge is 0.483 e. The highest BCUT2D eigenvalue weighted by Gasteiger charge is 2.51. The third-order valence-electron chi connectivity index (χ3n) is 5.07. The van der Waals surface area contributed by atoms with E-state index >= 15 is 0 Å². The van der Waals surface area contributed by atoms with Gasteiger partial charge in [-0.15, -0.1) is 0 Å². The van der Waals surface area contributed by atoms with Gasteiger partial charge in [-0.3, -0.25) is 0 Å². The number of rotatable bonds is 5. The van der Waals surface area contributed by atoms with Crippen molar-refractivity contribution in [1.29, 1.82) is 10.5 Å². The Morgan fingerprint density at radius 3 is 2.42 bits per heavy atom. The highest BCUT2D eigenvalue weighted by atomic mass is 32.2. The van der Waals surface area contributed by atoms with Crippen LogP contribution in [0.3, 0.4) is 0 Å². The van der Waals surface area contributed by atoms with Crippen LogP contribution in [-0.4, -0.2) is 54.3 Å². The third-order valence-corrected chi connectivity index (χ3v) is 6.94. The Hall–Kier alpha value is -3.23. The summed E-state index contributed by atoms with van der Waals surface area (Å²) in [6.07, 6.45) is -6.28. The molecule has 0 bridgehead atoms. The van der Waals surface area contributed by atoms with Gasteiger partial charge in [0.05, 0.1) is 40.8 Å². The van der Waals surface area contributed by atoms with E-state index < -0.39 is 75.2 Å². The summed E-state index contributed by atoms with van der Waals surface area (Å²) in [6, 6.07) is 7.83. The van der Waals surface area contributed by atoms with Crippen molar-refractivity contribution in [3.05, 3.63) is 58.9 Å². The first-order valence-electron chi connectivity index (χ1n) is 9.17. The van der Waals surface area contributed by atoms with Gasteiger partial charge in [0.25, 0.3) is 0 Å². The molecule has 1 aliphatic rings. The summed E-state index contributed by atoms with van der Waals surface area (Å²) in [6.45, 7) is -2.33. The van der Waals surface area contributed by atoms with Gasteiger partial charge >= 0.3 is 6.18 Å². The number of halogens is 4. The van der Waals surface area contributed by atoms with Crippen LogP contribution in [0.15, 0.2) is 41.3 Å². The maximum absolute atomic E-state index is 14.2. The van der Waals surface area contributed by atoms with Crippen LogP contribution in [0.4, 0.5) is 17.6 Å². The van der Waals surface area contributed by atoms with E-state index in [1.807, 2.05) is 0 Å². The minimum atomic E-state index is -4.80. The van der Waals surface area contributed by atoms with Crippen LogP contribution in [0, 0.1) is 28.5 Å². The van der Waals surface area contributed by atoms with E-state index in [2.05, 4.69) is 0 Å². The molecule has 2 aromatic rings. The molecular weight excluding hydrogens is 470 g/mol. The number of alkyl halides is 3. The summed E-state index contributed by atoms with van der Waals surface area (Å²) < 4.78 is 85.1. The second-order valence-corrected chi connectivity index (χ2v) is 9.15. The minimum absolute atomic E-state index is 0.0146. The molecule has 8 nitrogen and oxygen atoms in total. The van der Waals surface area contributed by atoms with Gasteiger partial charge in [0.1, 0.15) is 17.8 Å². The maximum Gasteiger partial charge on any atom is 0.416 e. The maximum atomic E-state index is 14.2. The van der Waals surface area contributed by atoms with Gasteiger partial charge in [-0.05, 0) is 36.4 Å². The summed E-state index contributed by atoms with van der Waals surface area (Å²) in [5, 5.41) is 38.4. The first-order chi connectivity index (χ1) is 15.4. The molecule has 0 amide bonds. The Kier molecular flexibility index (Phi) is 6.37. The summed E-state index contributed by atoms with van der Waals surface area (Å²) in [5.41, 5.74) is -4.19. The average molecular weight is 485 g/mol. The average Bonchev–Trinajstić information content (AvgIpc) is 3.11. The van der Waals surface area contributed by atoms with Crippen LogP contribution in [0.5, 0.6) is 5.75 Å². The van der Waals surface area contributed by atoms with E-state index in [1.54, 1.807) is 6.07 Å². The number of ether oxygens (including phenoxy) is 1. The van der Waals surface area contributed by atoms with Gasteiger partial charge in [0, 0.05) is 6.54 Å². The van der Waals surface area contributed by atoms with Crippen LogP contribution in [0.25, 0.3) is 0 Å². The van der Waals surface area contributed by atoms with Crippen molar-refractivity contribution < 1.29 is 40.9 Å². The van der Waals surface area contributed by atoms with Gasteiger partial charge in [-0.25, -0.2) is 12.8 Å². The van der Waals surface area contributed by atoms with Gasteiger partial charge < -0.3 is 14.9 Å². The fourth-order valence-electron chi connectivity index (χ4n) is 3.29. The third kappa shape index (κ3) is 4.62. The molecule has 1 aliphatic heterocycles. The normalized spacial score (nSPS) is 21.4.